The maximum absolute atomic E-state index is 14.1. The van der Waals surface area contributed by atoms with Crippen molar-refractivity contribution in [2.24, 2.45) is 5.92 Å². The van der Waals surface area contributed by atoms with Gasteiger partial charge in [0.25, 0.3) is 0 Å². The first kappa shape index (κ1) is 13.9. The van der Waals surface area contributed by atoms with E-state index in [-0.39, 0.29) is 5.92 Å². The van der Waals surface area contributed by atoms with Crippen LogP contribution in [0.25, 0.3) is 10.9 Å². The number of aromatic nitrogens is 1. The van der Waals surface area contributed by atoms with Crippen LogP contribution >= 0.6 is 0 Å². The molecule has 19 heavy (non-hydrogen) atoms. The van der Waals surface area contributed by atoms with E-state index in [4.69, 9.17) is 0 Å². The lowest BCUT2D eigenvalue weighted by Gasteiger charge is -2.32. The van der Waals surface area contributed by atoms with Crippen LogP contribution in [0.2, 0.25) is 0 Å². The van der Waals surface area contributed by atoms with Crippen LogP contribution in [0.5, 0.6) is 0 Å². The van der Waals surface area contributed by atoms with Crippen LogP contribution in [-0.4, -0.2) is 16.3 Å². The molecule has 0 aliphatic heterocycles. The summed E-state index contributed by atoms with van der Waals surface area (Å²) in [4.78, 5) is 4.26. The summed E-state index contributed by atoms with van der Waals surface area (Å²) in [6.45, 7) is 5.38. The highest BCUT2D eigenvalue weighted by molar-refractivity contribution is 5.82. The topological polar surface area (TPSA) is 33.1 Å². The van der Waals surface area contributed by atoms with E-state index < -0.39 is 11.8 Å². The number of hydrogen-bond donors (Lipinski definition) is 1. The molecular weight excluding hydrogens is 241 g/mol. The lowest BCUT2D eigenvalue weighted by molar-refractivity contribution is -0.0482. The van der Waals surface area contributed by atoms with E-state index in [1.807, 2.05) is 38.1 Å². The summed E-state index contributed by atoms with van der Waals surface area (Å²) < 4.78 is 14.1. The third-order valence-electron chi connectivity index (χ3n) is 3.49. The van der Waals surface area contributed by atoms with E-state index in [0.29, 0.717) is 12.0 Å². The van der Waals surface area contributed by atoms with Gasteiger partial charge in [-0.15, -0.1) is 0 Å². The highest BCUT2D eigenvalue weighted by Gasteiger charge is 2.38. The molecule has 0 saturated heterocycles. The van der Waals surface area contributed by atoms with Crippen molar-refractivity contribution in [1.82, 2.24) is 4.98 Å². The molecular formula is C16H20FNO. The van der Waals surface area contributed by atoms with E-state index >= 15 is 0 Å². The smallest absolute Gasteiger partial charge is 0.130 e. The lowest BCUT2D eigenvalue weighted by Crippen LogP contribution is -2.36. The van der Waals surface area contributed by atoms with Crippen molar-refractivity contribution in [2.45, 2.75) is 39.0 Å². The standard InChI is InChI=1S/C16H20FNO/c1-11(2)10-16(19,12(3)17)14-8-9-18-15-7-5-4-6-13(14)15/h4-9,11-12,19H,10H2,1-3H3. The highest BCUT2D eigenvalue weighted by atomic mass is 19.1. The van der Waals surface area contributed by atoms with Crippen LogP contribution in [0.3, 0.4) is 0 Å². The van der Waals surface area contributed by atoms with Gasteiger partial charge in [-0.2, -0.15) is 0 Å². The van der Waals surface area contributed by atoms with Crippen LogP contribution in [0, 0.1) is 5.92 Å². The zero-order chi connectivity index (χ0) is 14.0. The minimum absolute atomic E-state index is 0.204. The van der Waals surface area contributed by atoms with E-state index in [1.165, 1.54) is 6.92 Å². The molecule has 2 rings (SSSR count). The molecule has 0 bridgehead atoms. The Kier molecular flexibility index (Phi) is 3.85. The van der Waals surface area contributed by atoms with Gasteiger partial charge in [0.05, 0.1) is 5.52 Å². The molecule has 1 N–H and O–H groups in total. The third-order valence-corrected chi connectivity index (χ3v) is 3.49. The van der Waals surface area contributed by atoms with Gasteiger partial charge in [-0.05, 0) is 37.0 Å². The zero-order valence-electron chi connectivity index (χ0n) is 11.6. The second-order valence-electron chi connectivity index (χ2n) is 5.51. The molecule has 3 heteroatoms. The van der Waals surface area contributed by atoms with Crippen LogP contribution in [-0.2, 0) is 5.60 Å². The van der Waals surface area contributed by atoms with E-state index in [0.717, 1.165) is 10.9 Å². The molecule has 0 saturated carbocycles. The normalized spacial score (nSPS) is 16.5. The molecule has 0 amide bonds. The number of alkyl halides is 1. The van der Waals surface area contributed by atoms with Crippen molar-refractivity contribution >= 4 is 10.9 Å². The molecule has 0 radical (unpaired) electrons. The summed E-state index contributed by atoms with van der Waals surface area (Å²) in [5, 5.41) is 11.6. The van der Waals surface area contributed by atoms with E-state index in [2.05, 4.69) is 4.98 Å². The van der Waals surface area contributed by atoms with Crippen molar-refractivity contribution in [2.75, 3.05) is 0 Å². The zero-order valence-corrected chi connectivity index (χ0v) is 11.6. The largest absolute Gasteiger partial charge is 0.382 e. The van der Waals surface area contributed by atoms with Gasteiger partial charge in [0.15, 0.2) is 0 Å². The predicted molar refractivity (Wildman–Crippen MR) is 75.7 cm³/mol. The number of nitrogens with zero attached hydrogens (tertiary/aromatic N) is 1. The molecule has 0 aliphatic rings. The number of aliphatic hydroxyl groups is 1. The van der Waals surface area contributed by atoms with Gasteiger partial charge >= 0.3 is 0 Å². The summed E-state index contributed by atoms with van der Waals surface area (Å²) in [6, 6.07) is 9.25. The molecule has 0 spiro atoms. The first-order chi connectivity index (χ1) is 8.95. The van der Waals surface area contributed by atoms with E-state index in [9.17, 15) is 9.50 Å². The van der Waals surface area contributed by atoms with Gasteiger partial charge in [0.2, 0.25) is 0 Å². The molecule has 1 aromatic heterocycles. The number of rotatable bonds is 4. The predicted octanol–water partition coefficient (Wildman–Crippen LogP) is 3.83. The molecule has 2 aromatic rings. The average Bonchev–Trinajstić information content (AvgIpc) is 2.37. The Balaban J connectivity index is 2.63. The van der Waals surface area contributed by atoms with Gasteiger partial charge < -0.3 is 5.11 Å². The lowest BCUT2D eigenvalue weighted by atomic mass is 9.81. The van der Waals surface area contributed by atoms with Crippen LogP contribution in [0.1, 0.15) is 32.8 Å². The Bertz CT molecular complexity index is 562. The molecule has 0 fully saturated rings. The minimum Gasteiger partial charge on any atom is -0.382 e. The maximum atomic E-state index is 14.1. The average molecular weight is 261 g/mol. The third kappa shape index (κ3) is 2.61. The summed E-state index contributed by atoms with van der Waals surface area (Å²) in [5.41, 5.74) is -0.0545. The molecule has 0 aliphatic carbocycles. The molecule has 1 aromatic carbocycles. The van der Waals surface area contributed by atoms with Crippen molar-refractivity contribution in [3.8, 4) is 0 Å². The number of hydrogen-bond acceptors (Lipinski definition) is 2. The number of pyridine rings is 1. The second-order valence-corrected chi connectivity index (χ2v) is 5.51. The number of fused-ring (bicyclic) bond motifs is 1. The number of halogens is 1. The quantitative estimate of drug-likeness (QED) is 0.907. The molecule has 2 unspecified atom stereocenters. The number of benzene rings is 1. The summed E-state index contributed by atoms with van der Waals surface area (Å²) in [6.07, 6.45) is 0.685. The van der Waals surface area contributed by atoms with Gasteiger partial charge in [-0.3, -0.25) is 4.98 Å². The molecule has 2 nitrogen and oxygen atoms in total. The summed E-state index contributed by atoms with van der Waals surface area (Å²) in [5.74, 6) is 0.204. The van der Waals surface area contributed by atoms with Crippen molar-refractivity contribution in [3.05, 3.63) is 42.1 Å². The van der Waals surface area contributed by atoms with E-state index in [1.54, 1.807) is 12.3 Å². The fourth-order valence-electron chi connectivity index (χ4n) is 2.58. The van der Waals surface area contributed by atoms with Gasteiger partial charge in [0.1, 0.15) is 11.8 Å². The van der Waals surface area contributed by atoms with Crippen molar-refractivity contribution in [1.29, 1.82) is 0 Å². The fourth-order valence-corrected chi connectivity index (χ4v) is 2.58. The Labute approximate surface area is 113 Å². The first-order valence-electron chi connectivity index (χ1n) is 6.66. The monoisotopic (exact) mass is 261 g/mol. The second kappa shape index (κ2) is 5.25. The Morgan fingerprint density at radius 2 is 1.89 bits per heavy atom. The highest BCUT2D eigenvalue weighted by Crippen LogP contribution is 2.37. The van der Waals surface area contributed by atoms with Crippen molar-refractivity contribution in [3.63, 3.8) is 0 Å². The maximum Gasteiger partial charge on any atom is 0.130 e. The van der Waals surface area contributed by atoms with Crippen LogP contribution < -0.4 is 0 Å². The summed E-state index contributed by atoms with van der Waals surface area (Å²) in [7, 11) is 0. The molecule has 2 atom stereocenters. The SMILES string of the molecule is CC(C)CC(O)(c1ccnc2ccccc12)C(C)F. The fraction of sp³-hybridized carbons (Fsp3) is 0.438. The van der Waals surface area contributed by atoms with Gasteiger partial charge in [0, 0.05) is 11.6 Å². The Hall–Kier alpha value is -1.48. The van der Waals surface area contributed by atoms with Crippen LogP contribution in [0.4, 0.5) is 4.39 Å². The Morgan fingerprint density at radius 1 is 1.21 bits per heavy atom. The van der Waals surface area contributed by atoms with Gasteiger partial charge in [-0.1, -0.05) is 32.0 Å². The summed E-state index contributed by atoms with van der Waals surface area (Å²) >= 11 is 0. The van der Waals surface area contributed by atoms with Crippen LogP contribution in [0.15, 0.2) is 36.5 Å². The minimum atomic E-state index is -1.46. The molecule has 102 valence electrons. The van der Waals surface area contributed by atoms with Crippen molar-refractivity contribution < 1.29 is 9.50 Å². The Morgan fingerprint density at radius 3 is 2.53 bits per heavy atom. The first-order valence-corrected chi connectivity index (χ1v) is 6.66. The molecule has 1 heterocycles. The van der Waals surface area contributed by atoms with Gasteiger partial charge in [-0.25, -0.2) is 4.39 Å². The number of para-hydroxylation sites is 1.